The molecule has 0 atom stereocenters. The zero-order valence-corrected chi connectivity index (χ0v) is 19.3. The van der Waals surface area contributed by atoms with Gasteiger partial charge in [-0.2, -0.15) is 5.10 Å². The Bertz CT molecular complexity index is 1520. The zero-order valence-electron chi connectivity index (χ0n) is 18.5. The van der Waals surface area contributed by atoms with Gasteiger partial charge in [0, 0.05) is 39.6 Å². The van der Waals surface area contributed by atoms with E-state index in [-0.39, 0.29) is 5.76 Å². The lowest BCUT2D eigenvalue weighted by Crippen LogP contribution is -2.16. The van der Waals surface area contributed by atoms with E-state index < -0.39 is 5.91 Å². The van der Waals surface area contributed by atoms with Crippen molar-refractivity contribution in [2.24, 2.45) is 5.10 Å². The Kier molecular flexibility index (Phi) is 6.06. The summed E-state index contributed by atoms with van der Waals surface area (Å²) in [6.07, 6.45) is 3.64. The number of nitrogens with one attached hydrogen (secondary N) is 1. The highest BCUT2D eigenvalue weighted by Crippen LogP contribution is 2.25. The molecule has 5 rings (SSSR count). The Morgan fingerprint density at radius 2 is 1.94 bits per heavy atom. The van der Waals surface area contributed by atoms with Crippen LogP contribution in [0.5, 0.6) is 5.75 Å². The fourth-order valence-corrected chi connectivity index (χ4v) is 4.12. The molecule has 1 N–H and O–H groups in total. The second kappa shape index (κ2) is 9.45. The maximum absolute atomic E-state index is 12.6. The Hall–Kier alpha value is -4.03. The lowest BCUT2D eigenvalue weighted by atomic mass is 10.2. The number of aromatic nitrogens is 1. The van der Waals surface area contributed by atoms with Crippen LogP contribution in [0.4, 0.5) is 0 Å². The molecule has 0 aliphatic heterocycles. The van der Waals surface area contributed by atoms with Crippen LogP contribution in [0.15, 0.2) is 88.5 Å². The average molecular weight is 472 g/mol. The first kappa shape index (κ1) is 21.8. The molecule has 6 nitrogen and oxygen atoms in total. The van der Waals surface area contributed by atoms with Gasteiger partial charge in [-0.25, -0.2) is 5.43 Å². The van der Waals surface area contributed by atoms with Crippen molar-refractivity contribution >= 4 is 45.6 Å². The second-order valence-corrected chi connectivity index (χ2v) is 8.17. The van der Waals surface area contributed by atoms with Gasteiger partial charge in [-0.15, -0.1) is 0 Å². The number of furan rings is 1. The highest BCUT2D eigenvalue weighted by molar-refractivity contribution is 6.31. The fraction of sp³-hybridized carbons (Fsp3) is 0.111. The monoisotopic (exact) mass is 471 g/mol. The molecule has 2 heterocycles. The summed E-state index contributed by atoms with van der Waals surface area (Å²) in [7, 11) is 0. The minimum Gasteiger partial charge on any atom is -0.494 e. The quantitative estimate of drug-likeness (QED) is 0.225. The summed E-state index contributed by atoms with van der Waals surface area (Å²) in [4.78, 5) is 12.6. The maximum atomic E-state index is 12.6. The zero-order chi connectivity index (χ0) is 23.5. The highest BCUT2D eigenvalue weighted by Gasteiger charge is 2.13. The van der Waals surface area contributed by atoms with Crippen LogP contribution in [0.1, 0.15) is 28.6 Å². The smallest absolute Gasteiger partial charge is 0.307 e. The van der Waals surface area contributed by atoms with Gasteiger partial charge in [0.2, 0.25) is 0 Å². The molecule has 2 aromatic heterocycles. The van der Waals surface area contributed by atoms with Crippen molar-refractivity contribution in [3.05, 3.63) is 101 Å². The number of fused-ring (bicyclic) bond motifs is 2. The number of hydrogen-bond acceptors (Lipinski definition) is 4. The first-order chi connectivity index (χ1) is 16.6. The molecular formula is C27H22ClN3O3. The van der Waals surface area contributed by atoms with Crippen molar-refractivity contribution in [3.8, 4) is 5.75 Å². The third-order valence-corrected chi connectivity index (χ3v) is 5.88. The molecule has 7 heteroatoms. The summed E-state index contributed by atoms with van der Waals surface area (Å²) in [6, 6.07) is 22.9. The third kappa shape index (κ3) is 4.40. The van der Waals surface area contributed by atoms with E-state index in [0.29, 0.717) is 18.7 Å². The van der Waals surface area contributed by atoms with E-state index in [1.54, 1.807) is 18.3 Å². The van der Waals surface area contributed by atoms with Crippen LogP contribution in [-0.4, -0.2) is 23.3 Å². The molecule has 0 saturated heterocycles. The lowest BCUT2D eigenvalue weighted by Gasteiger charge is -2.07. The van der Waals surface area contributed by atoms with Crippen molar-refractivity contribution < 1.29 is 13.9 Å². The minimum atomic E-state index is -0.426. The molecule has 0 unspecified atom stereocenters. The van der Waals surface area contributed by atoms with Crippen molar-refractivity contribution in [3.63, 3.8) is 0 Å². The van der Waals surface area contributed by atoms with E-state index in [9.17, 15) is 4.79 Å². The van der Waals surface area contributed by atoms with Crippen LogP contribution in [-0.2, 0) is 6.54 Å². The van der Waals surface area contributed by atoms with Gasteiger partial charge in [-0.05, 0) is 48.9 Å². The number of hydrogen-bond donors (Lipinski definition) is 1. The molecule has 0 aliphatic carbocycles. The maximum Gasteiger partial charge on any atom is 0.307 e. The minimum absolute atomic E-state index is 0.182. The van der Waals surface area contributed by atoms with Crippen molar-refractivity contribution in [1.82, 2.24) is 9.99 Å². The molecule has 0 radical (unpaired) electrons. The number of halogens is 1. The van der Waals surface area contributed by atoms with Gasteiger partial charge in [0.15, 0.2) is 5.76 Å². The van der Waals surface area contributed by atoms with E-state index >= 15 is 0 Å². The fourth-order valence-electron chi connectivity index (χ4n) is 3.92. The van der Waals surface area contributed by atoms with Gasteiger partial charge in [-0.3, -0.25) is 4.79 Å². The molecule has 170 valence electrons. The summed E-state index contributed by atoms with van der Waals surface area (Å²) in [6.45, 7) is 3.12. The van der Waals surface area contributed by atoms with Crippen molar-refractivity contribution in [1.29, 1.82) is 0 Å². The summed E-state index contributed by atoms with van der Waals surface area (Å²) in [5.41, 5.74) is 6.13. The van der Waals surface area contributed by atoms with E-state index in [1.165, 1.54) is 0 Å². The molecule has 0 saturated carbocycles. The average Bonchev–Trinajstić information content (AvgIpc) is 3.42. The number of benzene rings is 3. The largest absolute Gasteiger partial charge is 0.494 e. The first-order valence-electron chi connectivity index (χ1n) is 10.9. The highest BCUT2D eigenvalue weighted by atomic mass is 35.5. The molecule has 34 heavy (non-hydrogen) atoms. The number of carbonyl (C=O) groups excluding carboxylic acids is 1. The number of carbonyl (C=O) groups is 1. The van der Waals surface area contributed by atoms with E-state index in [2.05, 4.69) is 15.1 Å². The van der Waals surface area contributed by atoms with Crippen LogP contribution in [0.2, 0.25) is 5.02 Å². The molecule has 0 spiro atoms. The molecule has 0 fully saturated rings. The van der Waals surface area contributed by atoms with Gasteiger partial charge < -0.3 is 13.7 Å². The predicted octanol–water partition coefficient (Wildman–Crippen LogP) is 6.25. The van der Waals surface area contributed by atoms with Crippen molar-refractivity contribution in [2.75, 3.05) is 6.61 Å². The Labute approximate surface area is 201 Å². The van der Waals surface area contributed by atoms with Gasteiger partial charge in [0.25, 0.3) is 0 Å². The van der Waals surface area contributed by atoms with Crippen molar-refractivity contribution in [2.45, 2.75) is 13.5 Å². The summed E-state index contributed by atoms with van der Waals surface area (Å²) in [5.74, 6) is 0.487. The number of ether oxygens (including phenoxy) is 1. The number of hydrazone groups is 1. The van der Waals surface area contributed by atoms with E-state index in [1.807, 2.05) is 73.8 Å². The third-order valence-electron chi connectivity index (χ3n) is 5.51. The van der Waals surface area contributed by atoms with E-state index in [4.69, 9.17) is 20.8 Å². The normalized spacial score (nSPS) is 11.5. The SMILES string of the molecule is CCOc1ccc2oc(C(=O)N/N=C/c3cn(Cc4ccccc4Cl)c4ccccc34)cc2c1. The van der Waals surface area contributed by atoms with Gasteiger partial charge >= 0.3 is 5.91 Å². The molecule has 3 aromatic carbocycles. The van der Waals surface area contributed by atoms with Crippen LogP contribution >= 0.6 is 11.6 Å². The molecular weight excluding hydrogens is 450 g/mol. The van der Waals surface area contributed by atoms with E-state index in [0.717, 1.165) is 38.2 Å². The molecule has 1 amide bonds. The van der Waals surface area contributed by atoms with Crippen LogP contribution in [0, 0.1) is 0 Å². The topological polar surface area (TPSA) is 68.8 Å². The standard InChI is InChI=1S/C27H22ClN3O3/c1-2-33-21-11-12-25-19(13-21)14-26(34-25)27(32)30-29-15-20-17-31(24-10-6-4-8-22(20)24)16-18-7-3-5-9-23(18)28/h3-15,17H,2,16H2,1H3,(H,30,32)/b29-15+. The van der Waals surface area contributed by atoms with Crippen LogP contribution in [0.3, 0.4) is 0 Å². The second-order valence-electron chi connectivity index (χ2n) is 7.76. The van der Waals surface area contributed by atoms with Gasteiger partial charge in [-0.1, -0.05) is 48.0 Å². The number of nitrogens with zero attached hydrogens (tertiary/aromatic N) is 2. The molecule has 5 aromatic rings. The molecule has 0 bridgehead atoms. The Morgan fingerprint density at radius 1 is 1.12 bits per heavy atom. The lowest BCUT2D eigenvalue weighted by molar-refractivity contribution is 0.0929. The Morgan fingerprint density at radius 3 is 2.79 bits per heavy atom. The number of para-hydroxylation sites is 1. The summed E-state index contributed by atoms with van der Waals surface area (Å²) in [5, 5.41) is 6.72. The summed E-state index contributed by atoms with van der Waals surface area (Å²) < 4.78 is 13.3. The Balaban J connectivity index is 1.35. The van der Waals surface area contributed by atoms with Gasteiger partial charge in [0.1, 0.15) is 11.3 Å². The first-order valence-corrected chi connectivity index (χ1v) is 11.3. The van der Waals surface area contributed by atoms with Crippen LogP contribution in [0.25, 0.3) is 21.9 Å². The summed E-state index contributed by atoms with van der Waals surface area (Å²) >= 11 is 6.36. The van der Waals surface area contributed by atoms with Crippen LogP contribution < -0.4 is 10.2 Å². The number of amides is 1. The van der Waals surface area contributed by atoms with Gasteiger partial charge in [0.05, 0.1) is 12.8 Å². The molecule has 0 aliphatic rings. The predicted molar refractivity (Wildman–Crippen MR) is 135 cm³/mol. The number of rotatable bonds is 7.